The molecule has 0 heterocycles. The number of nitrogens with zero attached hydrogens (tertiary/aromatic N) is 1. The molecule has 2 aromatic rings. The van der Waals surface area contributed by atoms with E-state index in [1.54, 1.807) is 6.92 Å². The number of nitro benzene ring substituents is 1. The van der Waals surface area contributed by atoms with Gasteiger partial charge in [-0.1, -0.05) is 26.0 Å². The van der Waals surface area contributed by atoms with Crippen LogP contribution in [0.2, 0.25) is 0 Å². The zero-order valence-electron chi connectivity index (χ0n) is 16.9. The van der Waals surface area contributed by atoms with Crippen molar-refractivity contribution in [2.45, 2.75) is 33.6 Å². The summed E-state index contributed by atoms with van der Waals surface area (Å²) >= 11 is 0. The maximum absolute atomic E-state index is 12.0. The number of non-ortho nitro benzene ring substituents is 1. The minimum atomic E-state index is -0.670. The number of anilines is 1. The number of amides is 1. The molecule has 0 spiro atoms. The topological polar surface area (TPSA) is 108 Å². The number of benzene rings is 2. The molecule has 0 saturated carbocycles. The number of rotatable bonds is 8. The van der Waals surface area contributed by atoms with Crippen molar-refractivity contribution >= 4 is 23.3 Å². The van der Waals surface area contributed by atoms with E-state index in [1.807, 2.05) is 39.0 Å². The quantitative estimate of drug-likeness (QED) is 0.409. The predicted octanol–water partition coefficient (Wildman–Crippen LogP) is 3.90. The number of carbonyl (C=O) groups is 2. The van der Waals surface area contributed by atoms with Crippen molar-refractivity contribution in [1.82, 2.24) is 0 Å². The van der Waals surface area contributed by atoms with E-state index in [4.69, 9.17) is 9.47 Å². The molecule has 8 heteroatoms. The van der Waals surface area contributed by atoms with Crippen LogP contribution < -0.4 is 10.1 Å². The van der Waals surface area contributed by atoms with Gasteiger partial charge in [-0.3, -0.25) is 14.9 Å². The van der Waals surface area contributed by atoms with Gasteiger partial charge in [0.1, 0.15) is 5.75 Å². The lowest BCUT2D eigenvalue weighted by atomic mass is 10.0. The molecule has 29 heavy (non-hydrogen) atoms. The smallest absolute Gasteiger partial charge is 0.344 e. The van der Waals surface area contributed by atoms with Crippen molar-refractivity contribution < 1.29 is 24.0 Å². The van der Waals surface area contributed by atoms with Crippen LogP contribution in [0.3, 0.4) is 0 Å². The number of nitro groups is 1. The molecule has 0 atom stereocenters. The molecule has 1 amide bonds. The highest BCUT2D eigenvalue weighted by Gasteiger charge is 2.14. The van der Waals surface area contributed by atoms with Crippen molar-refractivity contribution in [2.75, 3.05) is 18.5 Å². The summed E-state index contributed by atoms with van der Waals surface area (Å²) in [7, 11) is 0. The standard InChI is InChI=1S/C21H24N2O6/c1-13(2)17-7-5-14(3)9-19(17)28-12-21(25)29-11-20(24)22-18-8-6-16(23(26)27)10-15(18)4/h5-10,13H,11-12H2,1-4H3,(H,22,24). The van der Waals surface area contributed by atoms with Gasteiger partial charge in [-0.05, 0) is 48.6 Å². The van der Waals surface area contributed by atoms with E-state index < -0.39 is 23.4 Å². The Bertz CT molecular complexity index is 923. The second-order valence-electron chi connectivity index (χ2n) is 6.95. The summed E-state index contributed by atoms with van der Waals surface area (Å²) in [6, 6.07) is 9.86. The zero-order chi connectivity index (χ0) is 21.6. The van der Waals surface area contributed by atoms with Gasteiger partial charge in [0.25, 0.3) is 11.6 Å². The van der Waals surface area contributed by atoms with Gasteiger partial charge in [0.05, 0.1) is 4.92 Å². The number of ether oxygens (including phenoxy) is 2. The van der Waals surface area contributed by atoms with Gasteiger partial charge in [-0.2, -0.15) is 0 Å². The van der Waals surface area contributed by atoms with Crippen LogP contribution in [-0.2, 0) is 14.3 Å². The number of carbonyl (C=O) groups excluding carboxylic acids is 2. The summed E-state index contributed by atoms with van der Waals surface area (Å²) in [5, 5.41) is 13.3. The Morgan fingerprint density at radius 2 is 1.83 bits per heavy atom. The Labute approximate surface area is 169 Å². The molecule has 0 radical (unpaired) electrons. The fourth-order valence-electron chi connectivity index (χ4n) is 2.66. The van der Waals surface area contributed by atoms with E-state index in [1.165, 1.54) is 18.2 Å². The Balaban J connectivity index is 1.86. The highest BCUT2D eigenvalue weighted by molar-refractivity contribution is 5.93. The van der Waals surface area contributed by atoms with Crippen LogP contribution in [0, 0.1) is 24.0 Å². The maximum atomic E-state index is 12.0. The van der Waals surface area contributed by atoms with E-state index >= 15 is 0 Å². The first-order valence-corrected chi connectivity index (χ1v) is 9.11. The lowest BCUT2D eigenvalue weighted by Crippen LogP contribution is -2.24. The second kappa shape index (κ2) is 9.68. The van der Waals surface area contributed by atoms with E-state index in [2.05, 4.69) is 5.32 Å². The molecule has 0 aliphatic heterocycles. The molecule has 154 valence electrons. The van der Waals surface area contributed by atoms with Crippen molar-refractivity contribution in [2.24, 2.45) is 0 Å². The number of esters is 1. The third-order valence-corrected chi connectivity index (χ3v) is 4.20. The highest BCUT2D eigenvalue weighted by Crippen LogP contribution is 2.27. The van der Waals surface area contributed by atoms with E-state index in [0.717, 1.165) is 11.1 Å². The molecule has 0 aromatic heterocycles. The third kappa shape index (κ3) is 6.31. The average Bonchev–Trinajstić information content (AvgIpc) is 2.66. The van der Waals surface area contributed by atoms with Gasteiger partial charge >= 0.3 is 5.97 Å². The van der Waals surface area contributed by atoms with Crippen LogP contribution in [0.1, 0.15) is 36.5 Å². The number of hydrogen-bond donors (Lipinski definition) is 1. The molecule has 0 aliphatic carbocycles. The SMILES string of the molecule is Cc1ccc(C(C)C)c(OCC(=O)OCC(=O)Nc2ccc([N+](=O)[O-])cc2C)c1. The van der Waals surface area contributed by atoms with Crippen LogP contribution in [0.25, 0.3) is 0 Å². The van der Waals surface area contributed by atoms with E-state index in [0.29, 0.717) is 17.0 Å². The molecule has 0 bridgehead atoms. The molecule has 0 fully saturated rings. The fourth-order valence-corrected chi connectivity index (χ4v) is 2.66. The van der Waals surface area contributed by atoms with Crippen LogP contribution in [0.15, 0.2) is 36.4 Å². The van der Waals surface area contributed by atoms with Gasteiger partial charge in [0, 0.05) is 17.8 Å². The summed E-state index contributed by atoms with van der Waals surface area (Å²) in [6.45, 7) is 6.83. The summed E-state index contributed by atoms with van der Waals surface area (Å²) < 4.78 is 10.5. The van der Waals surface area contributed by atoms with Crippen LogP contribution >= 0.6 is 0 Å². The van der Waals surface area contributed by atoms with Crippen molar-refractivity contribution in [3.8, 4) is 5.75 Å². The second-order valence-corrected chi connectivity index (χ2v) is 6.95. The normalized spacial score (nSPS) is 10.5. The first-order chi connectivity index (χ1) is 13.7. The van der Waals surface area contributed by atoms with Crippen LogP contribution in [0.4, 0.5) is 11.4 Å². The molecule has 8 nitrogen and oxygen atoms in total. The van der Waals surface area contributed by atoms with Crippen LogP contribution in [0.5, 0.6) is 5.75 Å². The largest absolute Gasteiger partial charge is 0.482 e. The van der Waals surface area contributed by atoms with Gasteiger partial charge in [-0.15, -0.1) is 0 Å². The zero-order valence-corrected chi connectivity index (χ0v) is 16.9. The molecular weight excluding hydrogens is 376 g/mol. The first-order valence-electron chi connectivity index (χ1n) is 9.11. The first kappa shape index (κ1) is 21.9. The average molecular weight is 400 g/mol. The van der Waals surface area contributed by atoms with Gasteiger partial charge in [0.2, 0.25) is 0 Å². The minimum absolute atomic E-state index is 0.0685. The molecule has 0 unspecified atom stereocenters. The lowest BCUT2D eigenvalue weighted by Gasteiger charge is -2.14. The Kier molecular flexibility index (Phi) is 7.30. The maximum Gasteiger partial charge on any atom is 0.344 e. The Morgan fingerprint density at radius 3 is 2.45 bits per heavy atom. The monoisotopic (exact) mass is 400 g/mol. The summed E-state index contributed by atoms with van der Waals surface area (Å²) in [6.07, 6.45) is 0. The number of nitrogens with one attached hydrogen (secondary N) is 1. The summed E-state index contributed by atoms with van der Waals surface area (Å²) in [5.74, 6) is -0.370. The predicted molar refractivity (Wildman–Crippen MR) is 108 cm³/mol. The van der Waals surface area contributed by atoms with Crippen LogP contribution in [-0.4, -0.2) is 30.0 Å². The number of hydrogen-bond acceptors (Lipinski definition) is 6. The minimum Gasteiger partial charge on any atom is -0.482 e. The fraction of sp³-hybridized carbons (Fsp3) is 0.333. The van der Waals surface area contributed by atoms with Gasteiger partial charge < -0.3 is 14.8 Å². The molecule has 2 aromatic carbocycles. The molecular formula is C21H24N2O6. The highest BCUT2D eigenvalue weighted by atomic mass is 16.6. The summed E-state index contributed by atoms with van der Waals surface area (Å²) in [4.78, 5) is 34.2. The molecule has 0 aliphatic rings. The molecule has 1 N–H and O–H groups in total. The third-order valence-electron chi connectivity index (χ3n) is 4.20. The molecule has 2 rings (SSSR count). The van der Waals surface area contributed by atoms with Crippen molar-refractivity contribution in [3.63, 3.8) is 0 Å². The van der Waals surface area contributed by atoms with E-state index in [-0.39, 0.29) is 18.2 Å². The van der Waals surface area contributed by atoms with Crippen molar-refractivity contribution in [3.05, 3.63) is 63.2 Å². The van der Waals surface area contributed by atoms with Gasteiger partial charge in [-0.25, -0.2) is 4.79 Å². The summed E-state index contributed by atoms with van der Waals surface area (Å²) in [5.41, 5.74) is 2.86. The lowest BCUT2D eigenvalue weighted by molar-refractivity contribution is -0.384. The Hall–Kier alpha value is -3.42. The van der Waals surface area contributed by atoms with Gasteiger partial charge in [0.15, 0.2) is 13.2 Å². The van der Waals surface area contributed by atoms with Crippen molar-refractivity contribution in [1.29, 1.82) is 0 Å². The Morgan fingerprint density at radius 1 is 1.10 bits per heavy atom. The van der Waals surface area contributed by atoms with E-state index in [9.17, 15) is 19.7 Å². The molecule has 0 saturated heterocycles. The number of aryl methyl sites for hydroxylation is 2.